The maximum absolute atomic E-state index is 12.5. The van der Waals surface area contributed by atoms with E-state index in [9.17, 15) is 4.79 Å². The Morgan fingerprint density at radius 3 is 2.00 bits per heavy atom. The zero-order valence-corrected chi connectivity index (χ0v) is 11.5. The van der Waals surface area contributed by atoms with Crippen LogP contribution in [0.5, 0.6) is 0 Å². The predicted molar refractivity (Wildman–Crippen MR) is 79.5 cm³/mol. The number of hydrogen-bond acceptors (Lipinski definition) is 1. The maximum atomic E-state index is 12.5. The molecule has 0 aliphatic carbocycles. The van der Waals surface area contributed by atoms with Gasteiger partial charge in [0.25, 0.3) is 5.91 Å². The molecule has 2 aromatic carbocycles. The lowest BCUT2D eigenvalue weighted by atomic mass is 10.2. The second-order valence-electron chi connectivity index (χ2n) is 3.77. The average molecular weight is 292 g/mol. The van der Waals surface area contributed by atoms with E-state index < -0.39 is 0 Å². The van der Waals surface area contributed by atoms with Crippen molar-refractivity contribution < 1.29 is 4.79 Å². The Hall–Kier alpha value is -1.77. The largest absolute Gasteiger partial charge is 0.268 e. The van der Waals surface area contributed by atoms with Crippen molar-refractivity contribution in [2.45, 2.75) is 0 Å². The number of rotatable bonds is 3. The summed E-state index contributed by atoms with van der Waals surface area (Å²) in [5, 5.41) is 0.154. The summed E-state index contributed by atoms with van der Waals surface area (Å²) in [4.78, 5) is 13.9. The van der Waals surface area contributed by atoms with Crippen molar-refractivity contribution in [3.63, 3.8) is 0 Å². The second kappa shape index (κ2) is 6.41. The number of benzene rings is 2. The lowest BCUT2D eigenvalue weighted by Gasteiger charge is -2.21. The van der Waals surface area contributed by atoms with Gasteiger partial charge in [-0.3, -0.25) is 9.69 Å². The van der Waals surface area contributed by atoms with E-state index in [2.05, 4.69) is 0 Å². The summed E-state index contributed by atoms with van der Waals surface area (Å²) in [6, 6.07) is 18.0. The third-order valence-electron chi connectivity index (χ3n) is 2.54. The molecule has 0 atom stereocenters. The highest BCUT2D eigenvalue weighted by atomic mass is 35.5. The molecule has 0 bridgehead atoms. The quantitative estimate of drug-likeness (QED) is 0.756. The van der Waals surface area contributed by atoms with Crippen LogP contribution in [-0.2, 0) is 0 Å². The smallest absolute Gasteiger partial charge is 0.263 e. The standard InChI is InChI=1S/C15H11Cl2NO/c16-11-14(17)18(13-9-5-2-6-10-13)15(19)12-7-3-1-4-8-12/h1-11H/b14-11-. The maximum Gasteiger partial charge on any atom is 0.263 e. The van der Waals surface area contributed by atoms with Gasteiger partial charge < -0.3 is 0 Å². The van der Waals surface area contributed by atoms with Crippen LogP contribution in [0.4, 0.5) is 5.69 Å². The number of amides is 1. The first kappa shape index (κ1) is 13.7. The number of carbonyl (C=O) groups excluding carboxylic acids is 1. The minimum atomic E-state index is -0.228. The van der Waals surface area contributed by atoms with Crippen LogP contribution in [0, 0.1) is 0 Å². The normalized spacial score (nSPS) is 11.2. The third-order valence-corrected chi connectivity index (χ3v) is 3.14. The van der Waals surface area contributed by atoms with Gasteiger partial charge in [-0.25, -0.2) is 0 Å². The van der Waals surface area contributed by atoms with Crippen LogP contribution in [0.3, 0.4) is 0 Å². The minimum Gasteiger partial charge on any atom is -0.268 e. The highest BCUT2D eigenvalue weighted by molar-refractivity contribution is 6.40. The molecule has 0 saturated heterocycles. The molecule has 4 heteroatoms. The van der Waals surface area contributed by atoms with E-state index >= 15 is 0 Å². The van der Waals surface area contributed by atoms with Gasteiger partial charge in [-0.1, -0.05) is 59.6 Å². The highest BCUT2D eigenvalue weighted by Gasteiger charge is 2.20. The number of para-hydroxylation sites is 1. The van der Waals surface area contributed by atoms with Gasteiger partial charge in [0.2, 0.25) is 0 Å². The molecule has 2 aromatic rings. The third kappa shape index (κ3) is 3.16. The van der Waals surface area contributed by atoms with Gasteiger partial charge in [-0.05, 0) is 24.3 Å². The molecule has 0 aromatic heterocycles. The summed E-state index contributed by atoms with van der Waals surface area (Å²) in [5.41, 5.74) is 2.39. The molecule has 0 saturated carbocycles. The first-order valence-electron chi connectivity index (χ1n) is 5.64. The molecule has 2 rings (SSSR count). The van der Waals surface area contributed by atoms with Gasteiger partial charge in [0.05, 0.1) is 5.69 Å². The van der Waals surface area contributed by atoms with E-state index in [1.165, 1.54) is 10.4 Å². The van der Waals surface area contributed by atoms with Crippen molar-refractivity contribution in [3.8, 4) is 0 Å². The zero-order chi connectivity index (χ0) is 13.7. The van der Waals surface area contributed by atoms with E-state index in [1.54, 1.807) is 36.4 Å². The lowest BCUT2D eigenvalue weighted by molar-refractivity contribution is 0.0996. The van der Waals surface area contributed by atoms with E-state index in [4.69, 9.17) is 23.2 Å². The fraction of sp³-hybridized carbons (Fsp3) is 0. The molecule has 0 heterocycles. The Bertz CT molecular complexity index is 582. The molecule has 1 amide bonds. The SMILES string of the molecule is O=C(c1ccccc1)N(/C(Cl)=C\Cl)c1ccccc1. The Labute approximate surface area is 121 Å². The Balaban J connectivity index is 2.43. The summed E-state index contributed by atoms with van der Waals surface area (Å²) in [6.45, 7) is 0. The van der Waals surface area contributed by atoms with Crippen molar-refractivity contribution in [1.82, 2.24) is 0 Å². The highest BCUT2D eigenvalue weighted by Crippen LogP contribution is 2.24. The van der Waals surface area contributed by atoms with E-state index in [0.29, 0.717) is 11.3 Å². The van der Waals surface area contributed by atoms with Crippen molar-refractivity contribution in [3.05, 3.63) is 76.9 Å². The summed E-state index contributed by atoms with van der Waals surface area (Å²) in [7, 11) is 0. The minimum absolute atomic E-state index is 0.154. The predicted octanol–water partition coefficient (Wildman–Crippen LogP) is 4.61. The molecular formula is C15H11Cl2NO. The van der Waals surface area contributed by atoms with Crippen molar-refractivity contribution >= 4 is 34.8 Å². The Morgan fingerprint density at radius 2 is 1.47 bits per heavy atom. The molecule has 0 fully saturated rings. The van der Waals surface area contributed by atoms with Crippen LogP contribution in [-0.4, -0.2) is 5.91 Å². The summed E-state index contributed by atoms with van der Waals surface area (Å²) in [5.74, 6) is -0.228. The van der Waals surface area contributed by atoms with Crippen molar-refractivity contribution in [2.24, 2.45) is 0 Å². The van der Waals surface area contributed by atoms with Crippen LogP contribution in [0.25, 0.3) is 0 Å². The fourth-order valence-electron chi connectivity index (χ4n) is 1.67. The van der Waals surface area contributed by atoms with Crippen LogP contribution < -0.4 is 4.90 Å². The lowest BCUT2D eigenvalue weighted by Crippen LogP contribution is -2.28. The Morgan fingerprint density at radius 1 is 0.947 bits per heavy atom. The molecule has 0 aliphatic heterocycles. The van der Waals surface area contributed by atoms with Gasteiger partial charge in [0.1, 0.15) is 5.16 Å². The fourth-order valence-corrected chi connectivity index (χ4v) is 1.95. The molecule has 0 aliphatic rings. The van der Waals surface area contributed by atoms with Crippen LogP contribution in [0.2, 0.25) is 0 Å². The number of nitrogens with zero attached hydrogens (tertiary/aromatic N) is 1. The Kier molecular flexibility index (Phi) is 4.61. The molecule has 0 radical (unpaired) electrons. The molecule has 0 N–H and O–H groups in total. The van der Waals surface area contributed by atoms with Crippen LogP contribution in [0.1, 0.15) is 10.4 Å². The number of anilines is 1. The molecular weight excluding hydrogens is 281 g/mol. The number of carbonyl (C=O) groups is 1. The first-order valence-corrected chi connectivity index (χ1v) is 6.46. The second-order valence-corrected chi connectivity index (χ2v) is 4.38. The van der Waals surface area contributed by atoms with Crippen molar-refractivity contribution in [2.75, 3.05) is 4.90 Å². The van der Waals surface area contributed by atoms with Gasteiger partial charge in [-0.15, -0.1) is 0 Å². The van der Waals surface area contributed by atoms with E-state index in [-0.39, 0.29) is 11.1 Å². The molecule has 96 valence electrons. The summed E-state index contributed by atoms with van der Waals surface area (Å²) >= 11 is 11.7. The van der Waals surface area contributed by atoms with E-state index in [1.807, 2.05) is 24.3 Å². The molecule has 0 unspecified atom stereocenters. The van der Waals surface area contributed by atoms with Crippen molar-refractivity contribution in [1.29, 1.82) is 0 Å². The zero-order valence-electron chi connectivity index (χ0n) is 9.96. The topological polar surface area (TPSA) is 20.3 Å². The van der Waals surface area contributed by atoms with Gasteiger partial charge in [0.15, 0.2) is 0 Å². The number of hydrogen-bond donors (Lipinski definition) is 0. The molecule has 2 nitrogen and oxygen atoms in total. The van der Waals surface area contributed by atoms with Gasteiger partial charge in [0, 0.05) is 11.1 Å². The first-order chi connectivity index (χ1) is 9.24. The van der Waals surface area contributed by atoms with Gasteiger partial charge >= 0.3 is 0 Å². The number of halogens is 2. The van der Waals surface area contributed by atoms with E-state index in [0.717, 1.165) is 0 Å². The summed E-state index contributed by atoms with van der Waals surface area (Å²) in [6.07, 6.45) is 0. The van der Waals surface area contributed by atoms with Crippen LogP contribution >= 0.6 is 23.2 Å². The monoisotopic (exact) mass is 291 g/mol. The summed E-state index contributed by atoms with van der Waals surface area (Å²) < 4.78 is 0. The molecule has 0 spiro atoms. The average Bonchev–Trinajstić information content (AvgIpc) is 2.49. The van der Waals surface area contributed by atoms with Crippen LogP contribution in [0.15, 0.2) is 71.4 Å². The van der Waals surface area contributed by atoms with Gasteiger partial charge in [-0.2, -0.15) is 0 Å². The molecule has 19 heavy (non-hydrogen) atoms.